The van der Waals surface area contributed by atoms with Gasteiger partial charge in [-0.15, -0.1) is 0 Å². The number of benzene rings is 2. The Labute approximate surface area is 182 Å². The summed E-state index contributed by atoms with van der Waals surface area (Å²) in [4.78, 5) is 44.1. The van der Waals surface area contributed by atoms with Gasteiger partial charge in [0.05, 0.1) is 12.5 Å². The molecule has 0 spiro atoms. The zero-order chi connectivity index (χ0) is 22.0. The van der Waals surface area contributed by atoms with Crippen LogP contribution >= 0.6 is 0 Å². The summed E-state index contributed by atoms with van der Waals surface area (Å²) in [6.07, 6.45) is -0.0361. The molecule has 7 nitrogen and oxygen atoms in total. The first kappa shape index (κ1) is 20.9. The van der Waals surface area contributed by atoms with Gasteiger partial charge in [-0.05, 0) is 29.8 Å². The number of amides is 3. The van der Waals surface area contributed by atoms with Crippen molar-refractivity contribution in [2.24, 2.45) is 0 Å². The number of hydrogen-bond acceptors (Lipinski definition) is 5. The highest BCUT2D eigenvalue weighted by atomic mass is 16.5. The second-order valence-corrected chi connectivity index (χ2v) is 8.13. The average Bonchev–Trinajstić information content (AvgIpc) is 3.04. The zero-order valence-electron chi connectivity index (χ0n) is 17.9. The highest BCUT2D eigenvalue weighted by molar-refractivity contribution is 6.10. The van der Waals surface area contributed by atoms with E-state index in [-0.39, 0.29) is 30.6 Å². The predicted octanol–water partition coefficient (Wildman–Crippen LogP) is 2.06. The molecule has 0 saturated carbocycles. The number of likely N-dealkylation sites (N-methyl/N-ethyl adjacent to an activating group) is 1. The van der Waals surface area contributed by atoms with Crippen LogP contribution in [0.1, 0.15) is 18.4 Å². The molecule has 7 heteroatoms. The van der Waals surface area contributed by atoms with E-state index in [1.54, 1.807) is 36.3 Å². The highest BCUT2D eigenvalue weighted by Gasteiger charge is 2.53. The third kappa shape index (κ3) is 3.87. The molecule has 2 aromatic carbocycles. The van der Waals surface area contributed by atoms with Crippen molar-refractivity contribution in [1.29, 1.82) is 0 Å². The summed E-state index contributed by atoms with van der Waals surface area (Å²) in [5.41, 5.74) is 0.597. The summed E-state index contributed by atoms with van der Waals surface area (Å²) in [5, 5.41) is 0. The van der Waals surface area contributed by atoms with Crippen molar-refractivity contribution in [3.63, 3.8) is 0 Å². The Morgan fingerprint density at radius 2 is 1.71 bits per heavy atom. The van der Waals surface area contributed by atoms with Gasteiger partial charge in [-0.3, -0.25) is 19.3 Å². The molecule has 4 rings (SSSR count). The molecular weight excluding hydrogens is 394 g/mol. The minimum absolute atomic E-state index is 0.00871. The molecule has 31 heavy (non-hydrogen) atoms. The van der Waals surface area contributed by atoms with E-state index in [1.165, 1.54) is 7.05 Å². The first-order chi connectivity index (χ1) is 14.9. The lowest BCUT2D eigenvalue weighted by molar-refractivity contribution is -0.141. The maximum absolute atomic E-state index is 13.3. The fraction of sp³-hybridized carbons (Fsp3) is 0.375. The lowest BCUT2D eigenvalue weighted by Crippen LogP contribution is -2.51. The standard InChI is InChI=1S/C24H27N3O4/c1-25-21(28)16-24(23(25)30,18-7-6-10-20(15-18)31-2)17-22(29)27-13-11-26(12-14-27)19-8-4-3-5-9-19/h3-10,15H,11-14,16-17H2,1-2H3/t24-/m0/s1. The second-order valence-electron chi connectivity index (χ2n) is 8.13. The van der Waals surface area contributed by atoms with Gasteiger partial charge in [0, 0.05) is 51.8 Å². The summed E-state index contributed by atoms with van der Waals surface area (Å²) in [6.45, 7) is 2.63. The van der Waals surface area contributed by atoms with Crippen LogP contribution in [0.15, 0.2) is 54.6 Å². The van der Waals surface area contributed by atoms with Crippen LogP contribution in [0.2, 0.25) is 0 Å². The summed E-state index contributed by atoms with van der Waals surface area (Å²) in [6, 6.07) is 17.2. The Kier molecular flexibility index (Phi) is 5.67. The van der Waals surface area contributed by atoms with Crippen LogP contribution in [0.4, 0.5) is 5.69 Å². The quantitative estimate of drug-likeness (QED) is 0.692. The van der Waals surface area contributed by atoms with Crippen molar-refractivity contribution in [1.82, 2.24) is 9.80 Å². The number of para-hydroxylation sites is 1. The first-order valence-electron chi connectivity index (χ1n) is 10.5. The van der Waals surface area contributed by atoms with Crippen molar-refractivity contribution >= 4 is 23.4 Å². The van der Waals surface area contributed by atoms with Crippen LogP contribution in [0.25, 0.3) is 0 Å². The van der Waals surface area contributed by atoms with Crippen molar-refractivity contribution in [3.8, 4) is 5.75 Å². The number of rotatable bonds is 5. The smallest absolute Gasteiger partial charge is 0.240 e. The van der Waals surface area contributed by atoms with Gasteiger partial charge in [-0.1, -0.05) is 30.3 Å². The third-order valence-corrected chi connectivity index (χ3v) is 6.37. The number of carbonyl (C=O) groups excluding carboxylic acids is 3. The maximum atomic E-state index is 13.3. The van der Waals surface area contributed by atoms with E-state index >= 15 is 0 Å². The Hall–Kier alpha value is -3.35. The number of hydrogen-bond donors (Lipinski definition) is 0. The number of ether oxygens (including phenoxy) is 1. The lowest BCUT2D eigenvalue weighted by Gasteiger charge is -2.37. The van der Waals surface area contributed by atoms with Gasteiger partial charge in [0.25, 0.3) is 0 Å². The SMILES string of the molecule is COc1cccc([C@@]2(CC(=O)N3CCN(c4ccccc4)CC3)CC(=O)N(C)C2=O)c1. The Bertz CT molecular complexity index is 985. The van der Waals surface area contributed by atoms with Crippen LogP contribution < -0.4 is 9.64 Å². The zero-order valence-corrected chi connectivity index (χ0v) is 17.9. The van der Waals surface area contributed by atoms with Gasteiger partial charge < -0.3 is 14.5 Å². The van der Waals surface area contributed by atoms with Crippen LogP contribution in [0.3, 0.4) is 0 Å². The lowest BCUT2D eigenvalue weighted by atomic mass is 9.75. The van der Waals surface area contributed by atoms with Crippen LogP contribution in [-0.2, 0) is 19.8 Å². The molecule has 0 N–H and O–H groups in total. The van der Waals surface area contributed by atoms with Crippen LogP contribution in [0, 0.1) is 0 Å². The summed E-state index contributed by atoms with van der Waals surface area (Å²) in [5.74, 6) is -0.112. The van der Waals surface area contributed by atoms with E-state index in [0.29, 0.717) is 24.4 Å². The molecule has 0 radical (unpaired) electrons. The van der Waals surface area contributed by atoms with E-state index in [1.807, 2.05) is 18.2 Å². The number of piperazine rings is 1. The topological polar surface area (TPSA) is 70.2 Å². The fourth-order valence-electron chi connectivity index (χ4n) is 4.50. The monoisotopic (exact) mass is 421 g/mol. The summed E-state index contributed by atoms with van der Waals surface area (Å²) in [7, 11) is 3.03. The maximum Gasteiger partial charge on any atom is 0.240 e. The largest absolute Gasteiger partial charge is 0.497 e. The van der Waals surface area contributed by atoms with Gasteiger partial charge in [0.1, 0.15) is 5.75 Å². The minimum Gasteiger partial charge on any atom is -0.497 e. The van der Waals surface area contributed by atoms with Gasteiger partial charge in [0.2, 0.25) is 17.7 Å². The second kappa shape index (κ2) is 8.41. The van der Waals surface area contributed by atoms with E-state index in [2.05, 4.69) is 17.0 Å². The van der Waals surface area contributed by atoms with E-state index < -0.39 is 5.41 Å². The van der Waals surface area contributed by atoms with E-state index in [0.717, 1.165) is 23.7 Å². The summed E-state index contributed by atoms with van der Waals surface area (Å²) < 4.78 is 5.31. The Morgan fingerprint density at radius 1 is 1.00 bits per heavy atom. The molecule has 2 aliphatic rings. The molecule has 2 fully saturated rings. The molecule has 0 aliphatic carbocycles. The molecule has 2 aromatic rings. The number of anilines is 1. The molecule has 1 atom stereocenters. The molecule has 162 valence electrons. The molecule has 3 amide bonds. The first-order valence-corrected chi connectivity index (χ1v) is 10.5. The van der Waals surface area contributed by atoms with E-state index in [4.69, 9.17) is 4.74 Å². The predicted molar refractivity (Wildman–Crippen MR) is 117 cm³/mol. The normalized spacial score (nSPS) is 21.5. The van der Waals surface area contributed by atoms with Gasteiger partial charge in [-0.2, -0.15) is 0 Å². The van der Waals surface area contributed by atoms with E-state index in [9.17, 15) is 14.4 Å². The minimum atomic E-state index is -1.19. The molecule has 2 heterocycles. The van der Waals surface area contributed by atoms with Gasteiger partial charge >= 0.3 is 0 Å². The van der Waals surface area contributed by atoms with Gasteiger partial charge in [0.15, 0.2) is 0 Å². The molecule has 0 unspecified atom stereocenters. The van der Waals surface area contributed by atoms with Gasteiger partial charge in [-0.25, -0.2) is 0 Å². The fourth-order valence-corrected chi connectivity index (χ4v) is 4.50. The molecule has 2 aliphatic heterocycles. The average molecular weight is 421 g/mol. The number of imide groups is 1. The molecule has 0 aromatic heterocycles. The molecule has 2 saturated heterocycles. The Balaban J connectivity index is 1.53. The Morgan fingerprint density at radius 3 is 2.32 bits per heavy atom. The number of methoxy groups -OCH3 is 1. The van der Waals surface area contributed by atoms with Crippen molar-refractivity contribution in [2.45, 2.75) is 18.3 Å². The van der Waals surface area contributed by atoms with Crippen LogP contribution in [-0.4, -0.2) is 67.9 Å². The molecular formula is C24H27N3O4. The number of likely N-dealkylation sites (tertiary alicyclic amines) is 1. The van der Waals surface area contributed by atoms with Crippen molar-refractivity contribution in [2.75, 3.05) is 45.2 Å². The molecule has 0 bridgehead atoms. The summed E-state index contributed by atoms with van der Waals surface area (Å²) >= 11 is 0. The van der Waals surface area contributed by atoms with Crippen molar-refractivity contribution < 1.29 is 19.1 Å². The van der Waals surface area contributed by atoms with Crippen LogP contribution in [0.5, 0.6) is 5.75 Å². The number of carbonyl (C=O) groups is 3. The number of nitrogens with zero attached hydrogens (tertiary/aromatic N) is 3. The third-order valence-electron chi connectivity index (χ3n) is 6.37. The van der Waals surface area contributed by atoms with Crippen molar-refractivity contribution in [3.05, 3.63) is 60.2 Å². The highest BCUT2D eigenvalue weighted by Crippen LogP contribution is 2.41.